The SMILES string of the molecule is COC(=O)C(=Cc1cc(C)c2c(c1)oc(=O)n2C)NC(C)=O. The predicted molar refractivity (Wildman–Crippen MR) is 80.0 cm³/mol. The second kappa shape index (κ2) is 5.88. The zero-order valence-corrected chi connectivity index (χ0v) is 12.7. The molecular formula is C15H16N2O5. The average Bonchev–Trinajstić information content (AvgIpc) is 2.72. The summed E-state index contributed by atoms with van der Waals surface area (Å²) in [6.45, 7) is 3.12. The maximum Gasteiger partial charge on any atom is 0.419 e. The highest BCUT2D eigenvalue weighted by Crippen LogP contribution is 2.21. The van der Waals surface area contributed by atoms with E-state index in [1.165, 1.54) is 24.7 Å². The van der Waals surface area contributed by atoms with Crippen molar-refractivity contribution in [3.05, 3.63) is 39.5 Å². The van der Waals surface area contributed by atoms with Gasteiger partial charge in [-0.15, -0.1) is 0 Å². The van der Waals surface area contributed by atoms with Crippen LogP contribution in [0.2, 0.25) is 0 Å². The summed E-state index contributed by atoms with van der Waals surface area (Å²) in [5.41, 5.74) is 2.51. The van der Waals surface area contributed by atoms with Crippen molar-refractivity contribution in [1.82, 2.24) is 9.88 Å². The van der Waals surface area contributed by atoms with Crippen molar-refractivity contribution in [1.29, 1.82) is 0 Å². The van der Waals surface area contributed by atoms with Gasteiger partial charge in [0.2, 0.25) is 5.91 Å². The normalized spacial score (nSPS) is 11.5. The number of ether oxygens (including phenoxy) is 1. The van der Waals surface area contributed by atoms with Gasteiger partial charge < -0.3 is 14.5 Å². The van der Waals surface area contributed by atoms with Crippen LogP contribution in [0.25, 0.3) is 17.2 Å². The van der Waals surface area contributed by atoms with Crippen LogP contribution in [0.3, 0.4) is 0 Å². The number of esters is 1. The zero-order valence-electron chi connectivity index (χ0n) is 12.7. The molecule has 0 aliphatic carbocycles. The van der Waals surface area contributed by atoms with Gasteiger partial charge in [-0.1, -0.05) is 0 Å². The Labute approximate surface area is 126 Å². The van der Waals surface area contributed by atoms with Gasteiger partial charge in [0.05, 0.1) is 12.6 Å². The second-order valence-corrected chi connectivity index (χ2v) is 4.84. The van der Waals surface area contributed by atoms with E-state index in [0.29, 0.717) is 16.7 Å². The lowest BCUT2D eigenvalue weighted by atomic mass is 10.1. The molecule has 0 radical (unpaired) electrons. The highest BCUT2D eigenvalue weighted by atomic mass is 16.5. The summed E-state index contributed by atoms with van der Waals surface area (Å²) in [6, 6.07) is 3.40. The number of amides is 1. The van der Waals surface area contributed by atoms with Crippen molar-refractivity contribution in [3.8, 4) is 0 Å². The van der Waals surface area contributed by atoms with Crippen molar-refractivity contribution in [3.63, 3.8) is 0 Å². The topological polar surface area (TPSA) is 90.5 Å². The minimum atomic E-state index is -0.664. The minimum absolute atomic E-state index is 0.00651. The molecule has 0 atom stereocenters. The third-order valence-corrected chi connectivity index (χ3v) is 3.12. The first kappa shape index (κ1) is 15.6. The number of nitrogens with zero attached hydrogens (tertiary/aromatic N) is 1. The highest BCUT2D eigenvalue weighted by molar-refractivity contribution is 5.98. The van der Waals surface area contributed by atoms with Crippen LogP contribution >= 0.6 is 0 Å². The maximum absolute atomic E-state index is 11.7. The summed E-state index contributed by atoms with van der Waals surface area (Å²) >= 11 is 0. The van der Waals surface area contributed by atoms with Gasteiger partial charge in [-0.05, 0) is 36.3 Å². The Kier molecular flexibility index (Phi) is 4.16. The number of carbonyl (C=O) groups excluding carboxylic acids is 2. The van der Waals surface area contributed by atoms with E-state index < -0.39 is 11.7 Å². The van der Waals surface area contributed by atoms with E-state index >= 15 is 0 Å². The number of nitrogens with one attached hydrogen (secondary N) is 1. The Morgan fingerprint density at radius 3 is 2.64 bits per heavy atom. The fraction of sp³-hybridized carbons (Fsp3) is 0.267. The number of aryl methyl sites for hydroxylation is 2. The maximum atomic E-state index is 11.7. The van der Waals surface area contributed by atoms with Gasteiger partial charge in [-0.2, -0.15) is 0 Å². The van der Waals surface area contributed by atoms with Crippen molar-refractivity contribution in [2.75, 3.05) is 7.11 Å². The summed E-state index contributed by atoms with van der Waals surface area (Å²) in [4.78, 5) is 34.4. The van der Waals surface area contributed by atoms with E-state index in [0.717, 1.165) is 5.56 Å². The summed E-state index contributed by atoms with van der Waals surface area (Å²) in [6.07, 6.45) is 1.46. The van der Waals surface area contributed by atoms with Crippen LogP contribution in [0, 0.1) is 6.92 Å². The molecule has 7 heteroatoms. The van der Waals surface area contributed by atoms with Crippen LogP contribution in [0.15, 0.2) is 27.0 Å². The number of methoxy groups -OCH3 is 1. The molecule has 7 nitrogen and oxygen atoms in total. The molecule has 22 heavy (non-hydrogen) atoms. The van der Waals surface area contributed by atoms with Crippen molar-refractivity contribution in [2.45, 2.75) is 13.8 Å². The Hall–Kier alpha value is -2.83. The molecule has 0 fully saturated rings. The van der Waals surface area contributed by atoms with Gasteiger partial charge in [0, 0.05) is 14.0 Å². The molecule has 1 N–H and O–H groups in total. The van der Waals surface area contributed by atoms with Crippen molar-refractivity contribution < 1.29 is 18.7 Å². The van der Waals surface area contributed by atoms with Crippen LogP contribution < -0.4 is 11.1 Å². The van der Waals surface area contributed by atoms with E-state index in [1.54, 1.807) is 19.2 Å². The number of hydrogen-bond donors (Lipinski definition) is 1. The number of aromatic nitrogens is 1. The predicted octanol–water partition coefficient (Wildman–Crippen LogP) is 1.09. The van der Waals surface area contributed by atoms with Crippen LogP contribution in [0.1, 0.15) is 18.1 Å². The molecule has 1 aromatic carbocycles. The molecule has 2 aromatic rings. The molecular weight excluding hydrogens is 288 g/mol. The summed E-state index contributed by atoms with van der Waals surface area (Å²) < 4.78 is 11.2. The molecule has 2 rings (SSSR count). The molecule has 1 amide bonds. The number of fused-ring (bicyclic) bond motifs is 1. The molecule has 1 aromatic heterocycles. The molecule has 0 unspecified atom stereocenters. The lowest BCUT2D eigenvalue weighted by molar-refractivity contribution is -0.137. The first-order valence-electron chi connectivity index (χ1n) is 6.51. The van der Waals surface area contributed by atoms with Crippen LogP contribution in [0.4, 0.5) is 0 Å². The highest BCUT2D eigenvalue weighted by Gasteiger charge is 2.13. The van der Waals surface area contributed by atoms with Crippen LogP contribution in [-0.4, -0.2) is 23.6 Å². The standard InChI is InChI=1S/C15H16N2O5/c1-8-5-10(6-11(14(19)21-4)16-9(2)18)7-12-13(8)17(3)15(20)22-12/h5-7H,1-4H3,(H,16,18). The largest absolute Gasteiger partial charge is 0.464 e. The van der Waals surface area contributed by atoms with Crippen molar-refractivity contribution in [2.24, 2.45) is 7.05 Å². The lowest BCUT2D eigenvalue weighted by Crippen LogP contribution is -2.25. The van der Waals surface area contributed by atoms with E-state index in [2.05, 4.69) is 10.1 Å². The number of carbonyl (C=O) groups is 2. The fourth-order valence-corrected chi connectivity index (χ4v) is 2.23. The summed E-state index contributed by atoms with van der Waals surface area (Å²) in [5.74, 6) is -1.52. The van der Waals surface area contributed by atoms with Crippen LogP contribution in [0.5, 0.6) is 0 Å². The monoisotopic (exact) mass is 304 g/mol. The average molecular weight is 304 g/mol. The number of oxazole rings is 1. The molecule has 116 valence electrons. The third-order valence-electron chi connectivity index (χ3n) is 3.12. The number of benzene rings is 1. The van der Waals surface area contributed by atoms with Gasteiger partial charge >= 0.3 is 11.7 Å². The molecule has 0 saturated carbocycles. The zero-order chi connectivity index (χ0) is 16.4. The first-order valence-corrected chi connectivity index (χ1v) is 6.51. The van der Waals surface area contributed by atoms with E-state index in [1.807, 2.05) is 6.92 Å². The fourth-order valence-electron chi connectivity index (χ4n) is 2.23. The quantitative estimate of drug-likeness (QED) is 0.677. The molecule has 1 heterocycles. The smallest absolute Gasteiger partial charge is 0.419 e. The van der Waals surface area contributed by atoms with E-state index in [9.17, 15) is 14.4 Å². The Morgan fingerprint density at radius 2 is 2.05 bits per heavy atom. The van der Waals surface area contributed by atoms with Gasteiger partial charge in [-0.3, -0.25) is 9.36 Å². The molecule has 0 spiro atoms. The second-order valence-electron chi connectivity index (χ2n) is 4.84. The van der Waals surface area contributed by atoms with E-state index in [4.69, 9.17) is 4.42 Å². The van der Waals surface area contributed by atoms with Crippen molar-refractivity contribution >= 4 is 29.1 Å². The Balaban J connectivity index is 2.57. The number of hydrogen-bond acceptors (Lipinski definition) is 5. The van der Waals surface area contributed by atoms with Gasteiger partial charge in [-0.25, -0.2) is 9.59 Å². The van der Waals surface area contributed by atoms with Gasteiger partial charge in [0.25, 0.3) is 0 Å². The third kappa shape index (κ3) is 2.93. The Morgan fingerprint density at radius 1 is 1.36 bits per heavy atom. The van der Waals surface area contributed by atoms with E-state index in [-0.39, 0.29) is 11.6 Å². The molecule has 0 aliphatic heterocycles. The Bertz CT molecular complexity index is 841. The summed E-state index contributed by atoms with van der Waals surface area (Å²) in [5, 5.41) is 2.41. The number of rotatable bonds is 3. The van der Waals surface area contributed by atoms with Crippen LogP contribution in [-0.2, 0) is 21.4 Å². The first-order chi connectivity index (χ1) is 10.3. The van der Waals surface area contributed by atoms with Gasteiger partial charge in [0.1, 0.15) is 5.70 Å². The minimum Gasteiger partial charge on any atom is -0.464 e. The summed E-state index contributed by atoms with van der Waals surface area (Å²) in [7, 11) is 2.84. The van der Waals surface area contributed by atoms with Gasteiger partial charge in [0.15, 0.2) is 5.58 Å². The molecule has 0 aliphatic rings. The molecule has 0 saturated heterocycles. The lowest BCUT2D eigenvalue weighted by Gasteiger charge is -2.06. The molecule has 0 bridgehead atoms.